The van der Waals surface area contributed by atoms with Crippen LogP contribution >= 0.6 is 11.6 Å². The predicted octanol–water partition coefficient (Wildman–Crippen LogP) is 2.07. The fourth-order valence-electron chi connectivity index (χ4n) is 2.12. The minimum atomic E-state index is -0.318. The number of carbonyl (C=O) groups excluding carboxylic acids is 1. The Morgan fingerprint density at radius 3 is 2.64 bits per heavy atom. The number of nitrogens with one attached hydrogen (secondary N) is 2. The standard InChI is InChI=1S/C15H20ClN5O/c1-21(2)9-8-11(10-6-4-3-5-7-10)18-15(22)13-12(16)14(17)20-19-13/h3-7,11H,8-9H2,1-2H3,(H,18,22)(H3,17,19,20). The predicted molar refractivity (Wildman–Crippen MR) is 87.8 cm³/mol. The van der Waals surface area contributed by atoms with Crippen LogP contribution in [-0.4, -0.2) is 41.6 Å². The lowest BCUT2D eigenvalue weighted by atomic mass is 10.0. The second kappa shape index (κ2) is 7.29. The van der Waals surface area contributed by atoms with Crippen molar-refractivity contribution >= 4 is 23.3 Å². The molecule has 22 heavy (non-hydrogen) atoms. The van der Waals surface area contributed by atoms with Gasteiger partial charge in [-0.25, -0.2) is 0 Å². The van der Waals surface area contributed by atoms with Crippen molar-refractivity contribution in [3.8, 4) is 0 Å². The summed E-state index contributed by atoms with van der Waals surface area (Å²) in [6.45, 7) is 0.846. The van der Waals surface area contributed by atoms with Crippen molar-refractivity contribution in [3.05, 3.63) is 46.6 Å². The molecule has 1 atom stereocenters. The average Bonchev–Trinajstić information content (AvgIpc) is 2.84. The van der Waals surface area contributed by atoms with E-state index in [2.05, 4.69) is 20.4 Å². The molecular formula is C15H20ClN5O. The number of H-pyrrole nitrogens is 1. The van der Waals surface area contributed by atoms with Crippen LogP contribution < -0.4 is 11.1 Å². The van der Waals surface area contributed by atoms with E-state index in [9.17, 15) is 4.79 Å². The third-order valence-corrected chi connectivity index (χ3v) is 3.71. The third kappa shape index (κ3) is 3.99. The molecule has 118 valence electrons. The summed E-state index contributed by atoms with van der Waals surface area (Å²) in [5, 5.41) is 9.44. The van der Waals surface area contributed by atoms with Gasteiger partial charge in [-0.15, -0.1) is 0 Å². The highest BCUT2D eigenvalue weighted by Crippen LogP contribution is 2.22. The number of hydrogen-bond acceptors (Lipinski definition) is 4. The lowest BCUT2D eigenvalue weighted by Gasteiger charge is -2.21. The van der Waals surface area contributed by atoms with Crippen molar-refractivity contribution < 1.29 is 4.79 Å². The Morgan fingerprint density at radius 1 is 1.41 bits per heavy atom. The molecule has 6 nitrogen and oxygen atoms in total. The van der Waals surface area contributed by atoms with Gasteiger partial charge >= 0.3 is 0 Å². The molecule has 0 saturated carbocycles. The molecule has 2 aromatic rings. The van der Waals surface area contributed by atoms with Gasteiger partial charge in [-0.1, -0.05) is 41.9 Å². The molecule has 0 aliphatic carbocycles. The van der Waals surface area contributed by atoms with E-state index in [0.29, 0.717) is 0 Å². The average molecular weight is 322 g/mol. The fraction of sp³-hybridized carbons (Fsp3) is 0.333. The van der Waals surface area contributed by atoms with E-state index in [4.69, 9.17) is 17.3 Å². The minimum absolute atomic E-state index is 0.114. The number of benzene rings is 1. The summed E-state index contributed by atoms with van der Waals surface area (Å²) in [5.41, 5.74) is 6.79. The highest BCUT2D eigenvalue weighted by molar-refractivity contribution is 6.35. The number of aromatic amines is 1. The molecule has 1 aromatic carbocycles. The Morgan fingerprint density at radius 2 is 2.09 bits per heavy atom. The number of halogens is 1. The highest BCUT2D eigenvalue weighted by Gasteiger charge is 2.20. The highest BCUT2D eigenvalue weighted by atomic mass is 35.5. The van der Waals surface area contributed by atoms with Gasteiger partial charge in [0, 0.05) is 0 Å². The summed E-state index contributed by atoms with van der Waals surface area (Å²) in [6.07, 6.45) is 0.782. The molecule has 4 N–H and O–H groups in total. The van der Waals surface area contributed by atoms with Crippen molar-refractivity contribution in [2.45, 2.75) is 12.5 Å². The van der Waals surface area contributed by atoms with Gasteiger partial charge in [-0.3, -0.25) is 9.89 Å². The number of hydrogen-bond donors (Lipinski definition) is 3. The minimum Gasteiger partial charge on any atom is -0.381 e. The summed E-state index contributed by atoms with van der Waals surface area (Å²) < 4.78 is 0. The molecule has 1 amide bonds. The van der Waals surface area contributed by atoms with Gasteiger partial charge in [0.25, 0.3) is 5.91 Å². The van der Waals surface area contributed by atoms with Gasteiger partial charge < -0.3 is 16.0 Å². The maximum absolute atomic E-state index is 12.4. The van der Waals surface area contributed by atoms with Crippen LogP contribution in [0.1, 0.15) is 28.5 Å². The summed E-state index contributed by atoms with van der Waals surface area (Å²) in [4.78, 5) is 14.4. The number of anilines is 1. The van der Waals surface area contributed by atoms with Crippen LogP contribution in [-0.2, 0) is 0 Å². The first kappa shape index (κ1) is 16.3. The Bertz CT molecular complexity index is 626. The van der Waals surface area contributed by atoms with Crippen molar-refractivity contribution in [1.29, 1.82) is 0 Å². The Labute approximate surface area is 134 Å². The van der Waals surface area contributed by atoms with E-state index >= 15 is 0 Å². The molecule has 1 unspecified atom stereocenters. The first-order chi connectivity index (χ1) is 10.5. The molecular weight excluding hydrogens is 302 g/mol. The van der Waals surface area contributed by atoms with Crippen molar-refractivity contribution in [2.24, 2.45) is 0 Å². The zero-order chi connectivity index (χ0) is 16.1. The quantitative estimate of drug-likeness (QED) is 0.760. The fourth-order valence-corrected chi connectivity index (χ4v) is 2.29. The lowest BCUT2D eigenvalue weighted by molar-refractivity contribution is 0.0928. The number of nitrogen functional groups attached to an aromatic ring is 1. The largest absolute Gasteiger partial charge is 0.381 e. The summed E-state index contributed by atoms with van der Waals surface area (Å²) in [6, 6.07) is 9.71. The normalized spacial score (nSPS) is 12.4. The first-order valence-electron chi connectivity index (χ1n) is 6.99. The summed E-state index contributed by atoms with van der Waals surface area (Å²) in [5.74, 6) is -0.196. The molecule has 0 saturated heterocycles. The zero-order valence-electron chi connectivity index (χ0n) is 12.6. The van der Waals surface area contributed by atoms with E-state index in [0.717, 1.165) is 18.5 Å². The van der Waals surface area contributed by atoms with Crippen LogP contribution in [0, 0.1) is 0 Å². The number of nitrogens with zero attached hydrogens (tertiary/aromatic N) is 2. The van der Waals surface area contributed by atoms with Crippen LogP contribution in [0.25, 0.3) is 0 Å². The number of aromatic nitrogens is 2. The number of nitrogens with two attached hydrogens (primary N) is 1. The molecule has 0 fully saturated rings. The van der Waals surface area contributed by atoms with Gasteiger partial charge in [0.1, 0.15) is 10.7 Å². The van der Waals surface area contributed by atoms with E-state index in [1.54, 1.807) is 0 Å². The summed E-state index contributed by atoms with van der Waals surface area (Å²) in [7, 11) is 3.99. The third-order valence-electron chi connectivity index (χ3n) is 3.33. The van der Waals surface area contributed by atoms with Crippen molar-refractivity contribution in [1.82, 2.24) is 20.4 Å². The van der Waals surface area contributed by atoms with Gasteiger partial charge in [-0.2, -0.15) is 5.10 Å². The Kier molecular flexibility index (Phi) is 5.41. The second-order valence-corrected chi connectivity index (χ2v) is 5.70. The SMILES string of the molecule is CN(C)CCC(NC(=O)c1[nH]nc(N)c1Cl)c1ccccc1. The van der Waals surface area contributed by atoms with Gasteiger partial charge in [0.15, 0.2) is 5.82 Å². The van der Waals surface area contributed by atoms with E-state index in [1.165, 1.54) is 0 Å². The van der Waals surface area contributed by atoms with Crippen LogP contribution in [0.5, 0.6) is 0 Å². The molecule has 0 bridgehead atoms. The maximum atomic E-state index is 12.4. The van der Waals surface area contributed by atoms with Gasteiger partial charge in [-0.05, 0) is 32.6 Å². The van der Waals surface area contributed by atoms with Crippen LogP contribution in [0.15, 0.2) is 30.3 Å². The van der Waals surface area contributed by atoms with Crippen LogP contribution in [0.2, 0.25) is 5.02 Å². The van der Waals surface area contributed by atoms with Crippen molar-refractivity contribution in [2.75, 3.05) is 26.4 Å². The molecule has 0 radical (unpaired) electrons. The number of carbonyl (C=O) groups is 1. The topological polar surface area (TPSA) is 87.0 Å². The molecule has 0 spiro atoms. The van der Waals surface area contributed by atoms with Gasteiger partial charge in [0.05, 0.1) is 6.04 Å². The molecule has 0 aliphatic rings. The second-order valence-electron chi connectivity index (χ2n) is 5.33. The molecule has 1 heterocycles. The number of amides is 1. The maximum Gasteiger partial charge on any atom is 0.271 e. The zero-order valence-corrected chi connectivity index (χ0v) is 13.4. The monoisotopic (exact) mass is 321 g/mol. The molecule has 0 aliphatic heterocycles. The van der Waals surface area contributed by atoms with Crippen molar-refractivity contribution in [3.63, 3.8) is 0 Å². The van der Waals surface area contributed by atoms with Crippen LogP contribution in [0.4, 0.5) is 5.82 Å². The van der Waals surface area contributed by atoms with E-state index < -0.39 is 0 Å². The summed E-state index contributed by atoms with van der Waals surface area (Å²) >= 11 is 5.97. The van der Waals surface area contributed by atoms with Gasteiger partial charge in [0.2, 0.25) is 0 Å². The first-order valence-corrected chi connectivity index (χ1v) is 7.36. The molecule has 1 aromatic heterocycles. The molecule has 7 heteroatoms. The van der Waals surface area contributed by atoms with E-state index in [-0.39, 0.29) is 28.5 Å². The lowest BCUT2D eigenvalue weighted by Crippen LogP contribution is -2.31. The Hall–Kier alpha value is -2.05. The molecule has 2 rings (SSSR count). The Balaban J connectivity index is 2.15. The van der Waals surface area contributed by atoms with Crippen LogP contribution in [0.3, 0.4) is 0 Å². The van der Waals surface area contributed by atoms with E-state index in [1.807, 2.05) is 44.4 Å². The number of rotatable bonds is 6. The smallest absolute Gasteiger partial charge is 0.271 e.